The molecule has 0 spiro atoms. The van der Waals surface area contributed by atoms with Gasteiger partial charge in [-0.3, -0.25) is 4.79 Å². The van der Waals surface area contributed by atoms with E-state index in [9.17, 15) is 4.79 Å². The van der Waals surface area contributed by atoms with Crippen LogP contribution in [0.1, 0.15) is 10.4 Å². The zero-order valence-corrected chi connectivity index (χ0v) is 13.2. The van der Waals surface area contributed by atoms with Gasteiger partial charge in [0.1, 0.15) is 0 Å². The number of anilines is 1. The van der Waals surface area contributed by atoms with Crippen molar-refractivity contribution in [3.05, 3.63) is 63.8 Å². The average molecular weight is 321 g/mol. The van der Waals surface area contributed by atoms with Gasteiger partial charge >= 0.3 is 0 Å². The minimum atomic E-state index is 0.0253. The summed E-state index contributed by atoms with van der Waals surface area (Å²) in [6, 6.07) is 11.2. The Labute approximate surface area is 133 Å². The number of thiophene rings is 1. The number of nitrogens with zero attached hydrogens (tertiary/aromatic N) is 1. The highest BCUT2D eigenvalue weighted by Gasteiger charge is 2.15. The first-order valence-corrected chi connectivity index (χ1v) is 7.76. The molecule has 0 aliphatic heterocycles. The van der Waals surface area contributed by atoms with E-state index in [1.54, 1.807) is 17.0 Å². The molecular formula is C16H17ClN2OS. The molecule has 2 rings (SSSR count). The fourth-order valence-electron chi connectivity index (χ4n) is 2.01. The van der Waals surface area contributed by atoms with Gasteiger partial charge in [-0.15, -0.1) is 17.9 Å². The van der Waals surface area contributed by atoms with Crippen LogP contribution < -0.4 is 5.73 Å². The van der Waals surface area contributed by atoms with E-state index in [2.05, 4.69) is 6.58 Å². The molecule has 0 unspecified atom stereocenters. The molecule has 2 N–H and O–H groups in total. The van der Waals surface area contributed by atoms with Gasteiger partial charge in [0.15, 0.2) is 0 Å². The molecular weight excluding hydrogens is 304 g/mol. The quantitative estimate of drug-likeness (QED) is 0.651. The number of amides is 1. The average Bonchev–Trinajstić information content (AvgIpc) is 2.86. The Morgan fingerprint density at radius 2 is 2.10 bits per heavy atom. The summed E-state index contributed by atoms with van der Waals surface area (Å²) in [5.74, 6) is 0.0253. The Hall–Kier alpha value is -1.78. The van der Waals surface area contributed by atoms with Gasteiger partial charge in [-0.05, 0) is 23.8 Å². The summed E-state index contributed by atoms with van der Waals surface area (Å²) >= 11 is 7.41. The van der Waals surface area contributed by atoms with Crippen molar-refractivity contribution in [3.8, 4) is 0 Å². The number of benzene rings is 1. The van der Waals surface area contributed by atoms with Gasteiger partial charge in [0.05, 0.1) is 17.3 Å². The molecule has 1 aromatic heterocycles. The highest BCUT2D eigenvalue weighted by atomic mass is 35.5. The normalized spacial score (nSPS) is 10.3. The Morgan fingerprint density at radius 3 is 2.71 bits per heavy atom. The van der Waals surface area contributed by atoms with Crippen LogP contribution in [0.3, 0.4) is 0 Å². The van der Waals surface area contributed by atoms with Gasteiger partial charge in [-0.25, -0.2) is 0 Å². The van der Waals surface area contributed by atoms with E-state index in [4.69, 9.17) is 17.3 Å². The zero-order chi connectivity index (χ0) is 15.2. The molecule has 0 fully saturated rings. The third-order valence-corrected chi connectivity index (χ3v) is 4.29. The third-order valence-electron chi connectivity index (χ3n) is 3.07. The van der Waals surface area contributed by atoms with Crippen LogP contribution in [0.4, 0.5) is 5.69 Å². The predicted octanol–water partition coefficient (Wildman–Crippen LogP) is 3.74. The molecule has 0 saturated carbocycles. The minimum Gasteiger partial charge on any atom is -0.398 e. The standard InChI is InChI=1S/C16H17ClN2OS/c1-2-9-19(11-13-7-8-15(17)21-13)16(20)10-12-5-3-4-6-14(12)18/h2-8H,1,9-11,18H2. The molecule has 1 aromatic carbocycles. The van der Waals surface area contributed by atoms with Crippen molar-refractivity contribution in [3.63, 3.8) is 0 Å². The number of hydrogen-bond acceptors (Lipinski definition) is 3. The second-order valence-corrected chi connectivity index (χ2v) is 6.44. The second-order valence-electron chi connectivity index (χ2n) is 4.64. The second kappa shape index (κ2) is 7.29. The molecule has 1 amide bonds. The van der Waals surface area contributed by atoms with Crippen LogP contribution in [0, 0.1) is 0 Å². The summed E-state index contributed by atoms with van der Waals surface area (Å²) < 4.78 is 0.725. The Bertz CT molecular complexity index is 639. The van der Waals surface area contributed by atoms with Gasteiger partial charge in [0, 0.05) is 17.1 Å². The molecule has 0 aliphatic rings. The maximum Gasteiger partial charge on any atom is 0.227 e. The largest absolute Gasteiger partial charge is 0.398 e. The van der Waals surface area contributed by atoms with Crippen LogP contribution in [0.25, 0.3) is 0 Å². The first-order chi connectivity index (χ1) is 10.1. The molecule has 0 bridgehead atoms. The topological polar surface area (TPSA) is 46.3 Å². The molecule has 2 aromatic rings. The molecule has 21 heavy (non-hydrogen) atoms. The van der Waals surface area contributed by atoms with Crippen LogP contribution in [-0.4, -0.2) is 17.4 Å². The summed E-state index contributed by atoms with van der Waals surface area (Å²) in [5.41, 5.74) is 7.38. The minimum absolute atomic E-state index is 0.0253. The summed E-state index contributed by atoms with van der Waals surface area (Å²) in [7, 11) is 0. The number of hydrogen-bond donors (Lipinski definition) is 1. The molecule has 0 radical (unpaired) electrons. The van der Waals surface area contributed by atoms with Crippen LogP contribution >= 0.6 is 22.9 Å². The Balaban J connectivity index is 2.08. The van der Waals surface area contributed by atoms with Gasteiger partial charge in [0.2, 0.25) is 5.91 Å². The first kappa shape index (κ1) is 15.6. The van der Waals surface area contributed by atoms with Crippen molar-refractivity contribution in [2.45, 2.75) is 13.0 Å². The SMILES string of the molecule is C=CCN(Cc1ccc(Cl)s1)C(=O)Cc1ccccc1N. The number of halogens is 1. The van der Waals surface area contributed by atoms with Crippen LogP contribution in [0.2, 0.25) is 4.34 Å². The predicted molar refractivity (Wildman–Crippen MR) is 89.5 cm³/mol. The monoisotopic (exact) mass is 320 g/mol. The molecule has 5 heteroatoms. The number of rotatable bonds is 6. The lowest BCUT2D eigenvalue weighted by molar-refractivity contribution is -0.130. The van der Waals surface area contributed by atoms with E-state index in [0.717, 1.165) is 14.8 Å². The summed E-state index contributed by atoms with van der Waals surface area (Å²) in [4.78, 5) is 15.3. The molecule has 1 heterocycles. The van der Waals surface area contributed by atoms with E-state index >= 15 is 0 Å². The number of para-hydroxylation sites is 1. The number of nitrogens with two attached hydrogens (primary N) is 1. The zero-order valence-electron chi connectivity index (χ0n) is 11.6. The lowest BCUT2D eigenvalue weighted by atomic mass is 10.1. The first-order valence-electron chi connectivity index (χ1n) is 6.56. The Kier molecular flexibility index (Phi) is 5.42. The summed E-state index contributed by atoms with van der Waals surface area (Å²) in [5, 5.41) is 0. The fraction of sp³-hybridized carbons (Fsp3) is 0.188. The van der Waals surface area contributed by atoms with Crippen molar-refractivity contribution in [1.29, 1.82) is 0 Å². The van der Waals surface area contributed by atoms with Gasteiger partial charge < -0.3 is 10.6 Å². The highest BCUT2D eigenvalue weighted by Crippen LogP contribution is 2.23. The van der Waals surface area contributed by atoms with Crippen molar-refractivity contribution >= 4 is 34.5 Å². The van der Waals surface area contributed by atoms with Crippen molar-refractivity contribution < 1.29 is 4.79 Å². The van der Waals surface area contributed by atoms with E-state index in [1.165, 1.54) is 11.3 Å². The number of carbonyl (C=O) groups excluding carboxylic acids is 1. The number of nitrogen functional groups attached to an aromatic ring is 1. The lowest BCUT2D eigenvalue weighted by Gasteiger charge is -2.21. The van der Waals surface area contributed by atoms with Crippen molar-refractivity contribution in [1.82, 2.24) is 4.90 Å². The van der Waals surface area contributed by atoms with Crippen LogP contribution in [0.15, 0.2) is 49.1 Å². The fourth-order valence-corrected chi connectivity index (χ4v) is 3.11. The van der Waals surface area contributed by atoms with Crippen LogP contribution in [0.5, 0.6) is 0 Å². The van der Waals surface area contributed by atoms with Gasteiger partial charge in [0.25, 0.3) is 0 Å². The van der Waals surface area contributed by atoms with Crippen LogP contribution in [-0.2, 0) is 17.8 Å². The third kappa shape index (κ3) is 4.34. The molecule has 0 aliphatic carbocycles. The number of carbonyl (C=O) groups is 1. The van der Waals surface area contributed by atoms with E-state index < -0.39 is 0 Å². The van der Waals surface area contributed by atoms with E-state index in [-0.39, 0.29) is 5.91 Å². The molecule has 0 saturated heterocycles. The smallest absolute Gasteiger partial charge is 0.227 e. The van der Waals surface area contributed by atoms with Crippen molar-refractivity contribution in [2.75, 3.05) is 12.3 Å². The van der Waals surface area contributed by atoms with Gasteiger partial charge in [-0.1, -0.05) is 35.9 Å². The molecule has 0 atom stereocenters. The molecule has 3 nitrogen and oxygen atoms in total. The maximum absolute atomic E-state index is 12.5. The van der Waals surface area contributed by atoms with Crippen molar-refractivity contribution in [2.24, 2.45) is 0 Å². The highest BCUT2D eigenvalue weighted by molar-refractivity contribution is 7.16. The molecule has 110 valence electrons. The van der Waals surface area contributed by atoms with E-state index in [1.807, 2.05) is 30.3 Å². The Morgan fingerprint density at radius 1 is 1.33 bits per heavy atom. The summed E-state index contributed by atoms with van der Waals surface area (Å²) in [6.45, 7) is 4.75. The lowest BCUT2D eigenvalue weighted by Crippen LogP contribution is -2.31. The van der Waals surface area contributed by atoms with Gasteiger partial charge in [-0.2, -0.15) is 0 Å². The van der Waals surface area contributed by atoms with E-state index in [0.29, 0.717) is 25.2 Å². The summed E-state index contributed by atoms with van der Waals surface area (Å²) in [6.07, 6.45) is 2.01. The maximum atomic E-state index is 12.5.